The summed E-state index contributed by atoms with van der Waals surface area (Å²) < 4.78 is 12.4. The zero-order valence-corrected chi connectivity index (χ0v) is 16.9. The van der Waals surface area contributed by atoms with Crippen molar-refractivity contribution in [1.29, 1.82) is 0 Å². The van der Waals surface area contributed by atoms with E-state index in [1.165, 1.54) is 0 Å². The minimum Gasteiger partial charge on any atom is -0.454 e. The number of hydrogen-bond acceptors (Lipinski definition) is 5. The number of hydrogen-bond donors (Lipinski definition) is 2. The van der Waals surface area contributed by atoms with Gasteiger partial charge >= 0.3 is 0 Å². The van der Waals surface area contributed by atoms with Crippen LogP contribution in [-0.2, 0) is 12.8 Å². The summed E-state index contributed by atoms with van der Waals surface area (Å²) in [5.41, 5.74) is 8.64. The van der Waals surface area contributed by atoms with Crippen molar-refractivity contribution >= 4 is 11.8 Å². The van der Waals surface area contributed by atoms with Gasteiger partial charge in [-0.05, 0) is 56.0 Å². The van der Waals surface area contributed by atoms with Crippen molar-refractivity contribution < 1.29 is 19.1 Å². The molecule has 2 N–H and O–H groups in total. The Bertz CT molecular complexity index is 1140. The molecule has 2 aliphatic rings. The lowest BCUT2D eigenvalue weighted by Crippen LogP contribution is -2.42. The third-order valence-corrected chi connectivity index (χ3v) is 5.57. The van der Waals surface area contributed by atoms with E-state index in [0.29, 0.717) is 22.8 Å². The van der Waals surface area contributed by atoms with Gasteiger partial charge < -0.3 is 9.47 Å². The Balaban J connectivity index is 1.36. The van der Waals surface area contributed by atoms with Gasteiger partial charge in [0.2, 0.25) is 6.79 Å². The summed E-state index contributed by atoms with van der Waals surface area (Å²) in [5.74, 6) is 0.225. The van der Waals surface area contributed by atoms with Gasteiger partial charge in [-0.25, -0.2) is 4.68 Å². The van der Waals surface area contributed by atoms with Crippen LogP contribution >= 0.6 is 0 Å². The first-order valence-corrected chi connectivity index (χ1v) is 10.4. The van der Waals surface area contributed by atoms with Gasteiger partial charge in [0.25, 0.3) is 11.8 Å². The third-order valence-electron chi connectivity index (χ3n) is 5.57. The number of nitrogens with one attached hydrogen (secondary N) is 2. The fraction of sp³-hybridized carbons (Fsp3) is 0.261. The molecule has 2 amide bonds. The maximum absolute atomic E-state index is 13.0. The first kappa shape index (κ1) is 19.2. The van der Waals surface area contributed by atoms with Crippen LogP contribution in [0.5, 0.6) is 11.5 Å². The van der Waals surface area contributed by atoms with E-state index in [-0.39, 0.29) is 6.79 Å². The molecule has 2 aromatic carbocycles. The predicted octanol–water partition coefficient (Wildman–Crippen LogP) is 2.94. The number of para-hydroxylation sites is 1. The van der Waals surface area contributed by atoms with Crippen molar-refractivity contribution in [2.24, 2.45) is 0 Å². The Morgan fingerprint density at radius 1 is 0.871 bits per heavy atom. The molecule has 1 aliphatic heterocycles. The second kappa shape index (κ2) is 8.14. The fourth-order valence-corrected chi connectivity index (χ4v) is 4.02. The second-order valence-corrected chi connectivity index (χ2v) is 7.56. The summed E-state index contributed by atoms with van der Waals surface area (Å²) in [6.45, 7) is 0.131. The van der Waals surface area contributed by atoms with Crippen LogP contribution in [0.25, 0.3) is 5.69 Å². The molecule has 0 unspecified atom stereocenters. The van der Waals surface area contributed by atoms with E-state index < -0.39 is 11.8 Å². The maximum Gasteiger partial charge on any atom is 0.290 e. The average molecular weight is 418 g/mol. The molecular formula is C23H22N4O4. The van der Waals surface area contributed by atoms with Crippen LogP contribution in [0.1, 0.15) is 51.4 Å². The molecule has 8 nitrogen and oxygen atoms in total. The molecule has 1 aliphatic carbocycles. The normalized spacial score (nSPS) is 14.5. The highest BCUT2D eigenvalue weighted by Gasteiger charge is 2.25. The Morgan fingerprint density at radius 2 is 1.65 bits per heavy atom. The summed E-state index contributed by atoms with van der Waals surface area (Å²) in [6, 6.07) is 14.7. The molecule has 0 radical (unpaired) electrons. The number of nitrogens with zero attached hydrogens (tertiary/aromatic N) is 2. The van der Waals surface area contributed by atoms with Gasteiger partial charge in [-0.3, -0.25) is 20.4 Å². The van der Waals surface area contributed by atoms with Gasteiger partial charge in [0.15, 0.2) is 17.2 Å². The van der Waals surface area contributed by atoms with Crippen molar-refractivity contribution in [3.8, 4) is 17.2 Å². The minimum absolute atomic E-state index is 0.131. The molecule has 8 heteroatoms. The molecule has 0 bridgehead atoms. The second-order valence-electron chi connectivity index (χ2n) is 7.56. The fourth-order valence-electron chi connectivity index (χ4n) is 4.02. The lowest BCUT2D eigenvalue weighted by atomic mass is 10.1. The monoisotopic (exact) mass is 418 g/mol. The molecule has 0 saturated heterocycles. The number of rotatable bonds is 3. The Hall–Kier alpha value is -3.81. The van der Waals surface area contributed by atoms with Gasteiger partial charge in [0.1, 0.15) is 0 Å². The molecule has 0 saturated carbocycles. The van der Waals surface area contributed by atoms with Crippen molar-refractivity contribution in [1.82, 2.24) is 20.6 Å². The van der Waals surface area contributed by atoms with Crippen molar-refractivity contribution in [2.45, 2.75) is 32.1 Å². The first-order chi connectivity index (χ1) is 15.2. The highest BCUT2D eigenvalue weighted by molar-refractivity contribution is 5.99. The lowest BCUT2D eigenvalue weighted by molar-refractivity contribution is 0.0843. The highest BCUT2D eigenvalue weighted by Crippen LogP contribution is 2.32. The Kier molecular flexibility index (Phi) is 5.03. The van der Waals surface area contributed by atoms with Gasteiger partial charge in [0, 0.05) is 16.8 Å². The van der Waals surface area contributed by atoms with Gasteiger partial charge in [-0.1, -0.05) is 24.6 Å². The third kappa shape index (κ3) is 3.72. The molecule has 158 valence electrons. The van der Waals surface area contributed by atoms with Gasteiger partial charge in [0.05, 0.1) is 5.69 Å². The average Bonchev–Trinajstić information content (AvgIpc) is 3.34. The van der Waals surface area contributed by atoms with E-state index in [0.717, 1.165) is 49.0 Å². The van der Waals surface area contributed by atoms with Crippen LogP contribution < -0.4 is 20.3 Å². The molecule has 1 aromatic heterocycles. The Morgan fingerprint density at radius 3 is 2.52 bits per heavy atom. The molecule has 0 atom stereocenters. The number of carbonyl (C=O) groups is 2. The molecule has 0 fully saturated rings. The van der Waals surface area contributed by atoms with Gasteiger partial charge in [-0.2, -0.15) is 5.10 Å². The van der Waals surface area contributed by atoms with E-state index in [1.54, 1.807) is 18.2 Å². The van der Waals surface area contributed by atoms with Crippen LogP contribution in [0.2, 0.25) is 0 Å². The van der Waals surface area contributed by atoms with Crippen LogP contribution in [0.3, 0.4) is 0 Å². The number of carbonyl (C=O) groups excluding carboxylic acids is 2. The number of fused-ring (bicyclic) bond motifs is 2. The van der Waals surface area contributed by atoms with E-state index in [2.05, 4.69) is 16.0 Å². The number of benzene rings is 2. The summed E-state index contributed by atoms with van der Waals surface area (Å²) in [4.78, 5) is 25.5. The largest absolute Gasteiger partial charge is 0.454 e. The molecule has 2 heterocycles. The number of aromatic nitrogens is 2. The van der Waals surface area contributed by atoms with Crippen LogP contribution in [0.4, 0.5) is 0 Å². The number of hydrazine groups is 1. The van der Waals surface area contributed by atoms with Crippen LogP contribution in [0, 0.1) is 0 Å². The van der Waals surface area contributed by atoms with Crippen molar-refractivity contribution in [2.75, 3.05) is 6.79 Å². The standard InChI is InChI=1S/C23H22N4O4/c28-22(15-11-12-19-20(13-15)31-14-30-19)24-25-23(29)21-17-9-5-2-6-10-18(17)27(26-21)16-7-3-1-4-8-16/h1,3-4,7-8,11-13H,2,5-6,9-10,14H2,(H,24,28)(H,25,29). The molecule has 3 aromatic rings. The van der Waals surface area contributed by atoms with Crippen LogP contribution in [-0.4, -0.2) is 28.4 Å². The summed E-state index contributed by atoms with van der Waals surface area (Å²) in [7, 11) is 0. The Labute approximate surface area is 179 Å². The molecule has 5 rings (SSSR count). The van der Waals surface area contributed by atoms with E-state index >= 15 is 0 Å². The zero-order valence-electron chi connectivity index (χ0n) is 16.9. The molecule has 0 spiro atoms. The number of amides is 2. The van der Waals surface area contributed by atoms with Gasteiger partial charge in [-0.15, -0.1) is 0 Å². The number of ether oxygens (including phenoxy) is 2. The summed E-state index contributed by atoms with van der Waals surface area (Å²) >= 11 is 0. The summed E-state index contributed by atoms with van der Waals surface area (Å²) in [6.07, 6.45) is 4.85. The van der Waals surface area contributed by atoms with Crippen molar-refractivity contribution in [3.05, 3.63) is 71.0 Å². The smallest absolute Gasteiger partial charge is 0.290 e. The van der Waals surface area contributed by atoms with Crippen LogP contribution in [0.15, 0.2) is 48.5 Å². The predicted molar refractivity (Wildman–Crippen MR) is 112 cm³/mol. The SMILES string of the molecule is O=C(NNC(=O)c1nn(-c2ccccc2)c2c1CCCCC2)c1ccc2c(c1)OCO2. The maximum atomic E-state index is 13.0. The summed E-state index contributed by atoms with van der Waals surface area (Å²) in [5, 5.41) is 4.62. The van der Waals surface area contributed by atoms with E-state index in [9.17, 15) is 9.59 Å². The molecular weight excluding hydrogens is 396 g/mol. The van der Waals surface area contributed by atoms with E-state index in [4.69, 9.17) is 9.47 Å². The molecule has 31 heavy (non-hydrogen) atoms. The lowest BCUT2D eigenvalue weighted by Gasteiger charge is -2.08. The first-order valence-electron chi connectivity index (χ1n) is 10.4. The minimum atomic E-state index is -0.444. The van der Waals surface area contributed by atoms with Crippen molar-refractivity contribution in [3.63, 3.8) is 0 Å². The highest BCUT2D eigenvalue weighted by atomic mass is 16.7. The zero-order chi connectivity index (χ0) is 21.2. The quantitative estimate of drug-likeness (QED) is 0.504. The topological polar surface area (TPSA) is 94.5 Å². The van der Waals surface area contributed by atoms with E-state index in [1.807, 2.05) is 35.0 Å².